The fraction of sp³-hybridized carbons (Fsp3) is 0.143. The summed E-state index contributed by atoms with van der Waals surface area (Å²) >= 11 is 9.38. The minimum Gasteiger partial charge on any atom is -0.261 e. The molecule has 0 bridgehead atoms. The molecule has 0 saturated carbocycles. The Morgan fingerprint density at radius 2 is 1.82 bits per heavy atom. The smallest absolute Gasteiger partial charge is 0.0750 e. The van der Waals surface area contributed by atoms with Crippen LogP contribution in [0.3, 0.4) is 0 Å². The number of thiocarbonyl (C=S) groups is 1. The van der Waals surface area contributed by atoms with Gasteiger partial charge in [0, 0.05) is 17.5 Å². The second-order valence-electron chi connectivity index (χ2n) is 3.78. The molecule has 3 heteroatoms. The number of hydrogen-bond donors (Lipinski definition) is 1. The normalized spacial score (nSPS) is 10.2. The van der Waals surface area contributed by atoms with E-state index in [0.29, 0.717) is 4.20 Å². The lowest BCUT2D eigenvalue weighted by atomic mass is 10.0. The topological polar surface area (TPSA) is 12.9 Å². The lowest BCUT2D eigenvalue weighted by Crippen LogP contribution is -1.99. The first kappa shape index (κ1) is 12.3. The van der Waals surface area contributed by atoms with Gasteiger partial charge in [-0.1, -0.05) is 42.5 Å². The van der Waals surface area contributed by atoms with Crippen LogP contribution >= 0.6 is 24.8 Å². The van der Waals surface area contributed by atoms with Gasteiger partial charge >= 0.3 is 0 Å². The molecule has 2 aromatic rings. The molecule has 0 aliphatic carbocycles. The van der Waals surface area contributed by atoms with Crippen LogP contribution in [0, 0.1) is 0 Å². The van der Waals surface area contributed by atoms with Crippen molar-refractivity contribution in [1.82, 2.24) is 4.98 Å². The van der Waals surface area contributed by atoms with Gasteiger partial charge in [-0.15, -0.1) is 12.6 Å². The van der Waals surface area contributed by atoms with E-state index >= 15 is 0 Å². The van der Waals surface area contributed by atoms with E-state index in [4.69, 9.17) is 12.2 Å². The van der Waals surface area contributed by atoms with Crippen molar-refractivity contribution in [2.45, 2.75) is 12.8 Å². The molecule has 0 radical (unpaired) electrons. The van der Waals surface area contributed by atoms with Crippen LogP contribution in [0.15, 0.2) is 48.7 Å². The molecule has 0 unspecified atom stereocenters. The molecule has 0 spiro atoms. The number of benzene rings is 1. The summed E-state index contributed by atoms with van der Waals surface area (Å²) in [5.74, 6) is 0. The highest BCUT2D eigenvalue weighted by Gasteiger charge is 2.04. The molecule has 86 valence electrons. The predicted molar refractivity (Wildman–Crippen MR) is 78.8 cm³/mol. The van der Waals surface area contributed by atoms with Crippen molar-refractivity contribution < 1.29 is 0 Å². The molecule has 2 rings (SSSR count). The zero-order valence-electron chi connectivity index (χ0n) is 9.34. The summed E-state index contributed by atoms with van der Waals surface area (Å²) in [4.78, 5) is 4.32. The molecule has 0 amide bonds. The van der Waals surface area contributed by atoms with Crippen LogP contribution < -0.4 is 0 Å². The Morgan fingerprint density at radius 3 is 2.53 bits per heavy atom. The van der Waals surface area contributed by atoms with Gasteiger partial charge in [0.2, 0.25) is 0 Å². The fourth-order valence-corrected chi connectivity index (χ4v) is 2.17. The third kappa shape index (κ3) is 3.38. The van der Waals surface area contributed by atoms with Gasteiger partial charge in [0.05, 0.1) is 4.20 Å². The molecule has 0 saturated heterocycles. The average Bonchev–Trinajstić information content (AvgIpc) is 2.38. The monoisotopic (exact) mass is 259 g/mol. The zero-order chi connectivity index (χ0) is 12.1. The molecule has 1 aromatic heterocycles. The van der Waals surface area contributed by atoms with E-state index < -0.39 is 0 Å². The van der Waals surface area contributed by atoms with E-state index in [1.54, 1.807) is 0 Å². The molecule has 0 atom stereocenters. The Bertz CT molecular complexity index is 509. The highest BCUT2D eigenvalue weighted by Crippen LogP contribution is 2.14. The largest absolute Gasteiger partial charge is 0.261 e. The Morgan fingerprint density at radius 1 is 1.06 bits per heavy atom. The first-order chi connectivity index (χ1) is 8.27. The number of pyridine rings is 1. The summed E-state index contributed by atoms with van der Waals surface area (Å²) in [6.07, 6.45) is 3.69. The Balaban J connectivity index is 2.12. The highest BCUT2D eigenvalue weighted by molar-refractivity contribution is 8.11. The summed E-state index contributed by atoms with van der Waals surface area (Å²) in [6.45, 7) is 0. The maximum Gasteiger partial charge on any atom is 0.0750 e. The van der Waals surface area contributed by atoms with E-state index in [1.165, 1.54) is 5.56 Å². The van der Waals surface area contributed by atoms with E-state index in [9.17, 15) is 0 Å². The van der Waals surface area contributed by atoms with Gasteiger partial charge in [-0.25, -0.2) is 0 Å². The van der Waals surface area contributed by atoms with Gasteiger partial charge in [0.15, 0.2) is 0 Å². The van der Waals surface area contributed by atoms with E-state index in [0.717, 1.165) is 24.1 Å². The Kier molecular flexibility index (Phi) is 4.29. The summed E-state index contributed by atoms with van der Waals surface area (Å²) in [7, 11) is 0. The van der Waals surface area contributed by atoms with Crippen LogP contribution in [0.2, 0.25) is 0 Å². The molecule has 0 aliphatic heterocycles. The SMILES string of the molecule is S=C(S)c1ccccc1CCc1ccccn1. The lowest BCUT2D eigenvalue weighted by molar-refractivity contribution is 0.912. The van der Waals surface area contributed by atoms with Crippen LogP contribution in [-0.2, 0) is 12.8 Å². The average molecular weight is 259 g/mol. The second-order valence-corrected chi connectivity index (χ2v) is 4.94. The minimum atomic E-state index is 0.654. The summed E-state index contributed by atoms with van der Waals surface area (Å²) in [5.41, 5.74) is 3.40. The standard InChI is InChI=1S/C14H13NS2/c16-14(17)13-7-2-1-5-11(13)8-9-12-6-3-4-10-15-12/h1-7,10H,8-9H2,(H,16,17). The van der Waals surface area contributed by atoms with Crippen molar-refractivity contribution in [2.75, 3.05) is 0 Å². The molecule has 1 heterocycles. The number of rotatable bonds is 4. The van der Waals surface area contributed by atoms with Crippen molar-refractivity contribution in [3.05, 3.63) is 65.5 Å². The maximum absolute atomic E-state index is 5.13. The molecule has 1 nitrogen and oxygen atoms in total. The van der Waals surface area contributed by atoms with Gasteiger partial charge in [0.1, 0.15) is 0 Å². The number of thiol groups is 1. The number of hydrogen-bond acceptors (Lipinski definition) is 2. The molecular weight excluding hydrogens is 246 g/mol. The van der Waals surface area contributed by atoms with Crippen molar-refractivity contribution in [1.29, 1.82) is 0 Å². The van der Waals surface area contributed by atoms with Gasteiger partial charge in [0.25, 0.3) is 0 Å². The second kappa shape index (κ2) is 5.94. The van der Waals surface area contributed by atoms with E-state index in [-0.39, 0.29) is 0 Å². The summed E-state index contributed by atoms with van der Waals surface area (Å²) in [5, 5.41) is 0. The van der Waals surface area contributed by atoms with Crippen molar-refractivity contribution in [3.8, 4) is 0 Å². The maximum atomic E-state index is 5.13. The quantitative estimate of drug-likeness (QED) is 0.667. The lowest BCUT2D eigenvalue weighted by Gasteiger charge is -2.07. The third-order valence-electron chi connectivity index (χ3n) is 2.62. The molecular formula is C14H13NS2. The van der Waals surface area contributed by atoms with Gasteiger partial charge < -0.3 is 0 Å². The first-order valence-electron chi connectivity index (χ1n) is 5.48. The zero-order valence-corrected chi connectivity index (χ0v) is 11.0. The third-order valence-corrected chi connectivity index (χ3v) is 3.09. The molecule has 17 heavy (non-hydrogen) atoms. The minimum absolute atomic E-state index is 0.654. The number of aromatic nitrogens is 1. The first-order valence-corrected chi connectivity index (χ1v) is 6.34. The highest BCUT2D eigenvalue weighted by atomic mass is 32.1. The Hall–Kier alpha value is -1.19. The number of nitrogens with zero attached hydrogens (tertiary/aromatic N) is 1. The summed E-state index contributed by atoms with van der Waals surface area (Å²) < 4.78 is 0.654. The van der Waals surface area contributed by atoms with Crippen LogP contribution in [0.25, 0.3) is 0 Å². The van der Waals surface area contributed by atoms with Crippen LogP contribution in [0.1, 0.15) is 16.8 Å². The fourth-order valence-electron chi connectivity index (χ4n) is 1.76. The van der Waals surface area contributed by atoms with Gasteiger partial charge in [-0.2, -0.15) is 0 Å². The van der Waals surface area contributed by atoms with Crippen molar-refractivity contribution >= 4 is 29.0 Å². The van der Waals surface area contributed by atoms with E-state index in [2.05, 4.69) is 23.7 Å². The van der Waals surface area contributed by atoms with E-state index in [1.807, 2.05) is 42.6 Å². The summed E-state index contributed by atoms with van der Waals surface area (Å²) in [6, 6.07) is 14.1. The molecule has 0 N–H and O–H groups in total. The van der Waals surface area contributed by atoms with Crippen LogP contribution in [0.4, 0.5) is 0 Å². The molecule has 0 fully saturated rings. The van der Waals surface area contributed by atoms with Gasteiger partial charge in [-0.3, -0.25) is 4.98 Å². The van der Waals surface area contributed by atoms with Crippen molar-refractivity contribution in [2.24, 2.45) is 0 Å². The van der Waals surface area contributed by atoms with Crippen LogP contribution in [-0.4, -0.2) is 9.18 Å². The molecule has 1 aromatic carbocycles. The van der Waals surface area contributed by atoms with Crippen molar-refractivity contribution in [3.63, 3.8) is 0 Å². The molecule has 0 aliphatic rings. The van der Waals surface area contributed by atoms with Crippen LogP contribution in [0.5, 0.6) is 0 Å². The Labute approximate surface area is 112 Å². The number of aryl methyl sites for hydroxylation is 2. The van der Waals surface area contributed by atoms with Gasteiger partial charge in [-0.05, 0) is 30.5 Å². The predicted octanol–water partition coefficient (Wildman–Crippen LogP) is 3.47.